The zero-order chi connectivity index (χ0) is 19.5. The van der Waals surface area contributed by atoms with Crippen LogP contribution in [0.5, 0.6) is 0 Å². The molecule has 4 rings (SSSR count). The van der Waals surface area contributed by atoms with Crippen molar-refractivity contribution in [2.24, 2.45) is 5.73 Å². The molecule has 1 atom stereocenters. The van der Waals surface area contributed by atoms with Gasteiger partial charge >= 0.3 is 0 Å². The van der Waals surface area contributed by atoms with Crippen LogP contribution in [0.2, 0.25) is 0 Å². The summed E-state index contributed by atoms with van der Waals surface area (Å²) in [4.78, 5) is 34.3. The maximum absolute atomic E-state index is 12.7. The Hall–Kier alpha value is -3.55. The molecular formula is C20H19N5O3. The van der Waals surface area contributed by atoms with Gasteiger partial charge in [0.25, 0.3) is 5.91 Å². The topological polar surface area (TPSA) is 115 Å². The monoisotopic (exact) mass is 377 g/mol. The van der Waals surface area contributed by atoms with Crippen molar-refractivity contribution in [3.8, 4) is 11.4 Å². The largest absolute Gasteiger partial charge is 0.366 e. The highest BCUT2D eigenvalue weighted by Crippen LogP contribution is 2.28. The number of nitrogens with zero attached hydrogens (tertiary/aromatic N) is 4. The SMILES string of the molecule is NC(=O)c1cccc(-c2noc(C3CCCN(C(=O)c4ccncc4)C3)n2)c1. The van der Waals surface area contributed by atoms with Crippen LogP contribution >= 0.6 is 0 Å². The van der Waals surface area contributed by atoms with Gasteiger partial charge in [0.15, 0.2) is 0 Å². The summed E-state index contributed by atoms with van der Waals surface area (Å²) in [6, 6.07) is 10.2. The predicted molar refractivity (Wildman–Crippen MR) is 100 cm³/mol. The number of hydrogen-bond acceptors (Lipinski definition) is 6. The van der Waals surface area contributed by atoms with Crippen molar-refractivity contribution in [3.05, 3.63) is 65.8 Å². The van der Waals surface area contributed by atoms with Gasteiger partial charge in [-0.1, -0.05) is 17.3 Å². The lowest BCUT2D eigenvalue weighted by Gasteiger charge is -2.31. The van der Waals surface area contributed by atoms with Gasteiger partial charge in [-0.3, -0.25) is 14.6 Å². The number of benzene rings is 1. The lowest BCUT2D eigenvalue weighted by atomic mass is 9.97. The van der Waals surface area contributed by atoms with E-state index in [4.69, 9.17) is 10.3 Å². The van der Waals surface area contributed by atoms with Crippen molar-refractivity contribution >= 4 is 11.8 Å². The summed E-state index contributed by atoms with van der Waals surface area (Å²) in [7, 11) is 0. The minimum Gasteiger partial charge on any atom is -0.366 e. The van der Waals surface area contributed by atoms with E-state index in [0.717, 1.165) is 12.8 Å². The Morgan fingerprint density at radius 3 is 2.75 bits per heavy atom. The van der Waals surface area contributed by atoms with E-state index in [0.29, 0.717) is 41.5 Å². The summed E-state index contributed by atoms with van der Waals surface area (Å²) >= 11 is 0. The first-order chi connectivity index (χ1) is 13.6. The average molecular weight is 377 g/mol. The second-order valence-corrected chi connectivity index (χ2v) is 6.73. The van der Waals surface area contributed by atoms with Crippen molar-refractivity contribution in [3.63, 3.8) is 0 Å². The molecule has 0 bridgehead atoms. The second-order valence-electron chi connectivity index (χ2n) is 6.73. The zero-order valence-corrected chi connectivity index (χ0v) is 15.1. The number of primary amides is 1. The van der Waals surface area contributed by atoms with Crippen LogP contribution in [-0.4, -0.2) is 44.9 Å². The van der Waals surface area contributed by atoms with Crippen LogP contribution < -0.4 is 5.73 Å². The molecule has 8 heteroatoms. The van der Waals surface area contributed by atoms with Gasteiger partial charge in [0, 0.05) is 42.2 Å². The van der Waals surface area contributed by atoms with E-state index in [1.54, 1.807) is 53.7 Å². The van der Waals surface area contributed by atoms with Crippen molar-refractivity contribution in [1.82, 2.24) is 20.0 Å². The van der Waals surface area contributed by atoms with Gasteiger partial charge in [-0.15, -0.1) is 0 Å². The van der Waals surface area contributed by atoms with E-state index in [1.807, 2.05) is 0 Å². The lowest BCUT2D eigenvalue weighted by Crippen LogP contribution is -2.39. The maximum atomic E-state index is 12.7. The molecule has 1 fully saturated rings. The Bertz CT molecular complexity index is 1000. The fourth-order valence-electron chi connectivity index (χ4n) is 3.37. The molecule has 1 aliphatic heterocycles. The molecule has 0 radical (unpaired) electrons. The summed E-state index contributed by atoms with van der Waals surface area (Å²) in [5.74, 6) is 0.326. The van der Waals surface area contributed by atoms with Crippen LogP contribution in [0.1, 0.15) is 45.4 Å². The first-order valence-corrected chi connectivity index (χ1v) is 9.05. The van der Waals surface area contributed by atoms with Crippen LogP contribution in [0.3, 0.4) is 0 Å². The molecule has 1 unspecified atom stereocenters. The van der Waals surface area contributed by atoms with Gasteiger partial charge in [0.2, 0.25) is 17.6 Å². The lowest BCUT2D eigenvalue weighted by molar-refractivity contribution is 0.0695. The Kier molecular flexibility index (Phi) is 4.84. The van der Waals surface area contributed by atoms with Crippen LogP contribution in [0.25, 0.3) is 11.4 Å². The van der Waals surface area contributed by atoms with E-state index in [1.165, 1.54) is 0 Å². The zero-order valence-electron chi connectivity index (χ0n) is 15.1. The number of likely N-dealkylation sites (tertiary alicyclic amines) is 1. The molecule has 1 saturated heterocycles. The number of nitrogens with two attached hydrogens (primary N) is 1. The molecule has 0 aliphatic carbocycles. The van der Waals surface area contributed by atoms with Gasteiger partial charge in [0.05, 0.1) is 5.92 Å². The molecular weight excluding hydrogens is 358 g/mol. The molecule has 0 spiro atoms. The number of carbonyl (C=O) groups is 2. The summed E-state index contributed by atoms with van der Waals surface area (Å²) in [5, 5.41) is 4.04. The Morgan fingerprint density at radius 2 is 1.96 bits per heavy atom. The van der Waals surface area contributed by atoms with Crippen LogP contribution in [0.4, 0.5) is 0 Å². The van der Waals surface area contributed by atoms with Crippen LogP contribution in [-0.2, 0) is 0 Å². The van der Waals surface area contributed by atoms with Crippen molar-refractivity contribution in [1.29, 1.82) is 0 Å². The fourth-order valence-corrected chi connectivity index (χ4v) is 3.37. The van der Waals surface area contributed by atoms with Gasteiger partial charge in [-0.25, -0.2) is 0 Å². The van der Waals surface area contributed by atoms with Crippen LogP contribution in [0, 0.1) is 0 Å². The minimum atomic E-state index is -0.511. The molecule has 3 heterocycles. The van der Waals surface area contributed by atoms with E-state index < -0.39 is 5.91 Å². The molecule has 28 heavy (non-hydrogen) atoms. The van der Waals surface area contributed by atoms with E-state index in [2.05, 4.69) is 15.1 Å². The number of piperidine rings is 1. The second kappa shape index (κ2) is 7.59. The van der Waals surface area contributed by atoms with Gasteiger partial charge in [0.1, 0.15) is 0 Å². The number of carbonyl (C=O) groups excluding carboxylic acids is 2. The van der Waals surface area contributed by atoms with Crippen molar-refractivity contribution < 1.29 is 14.1 Å². The maximum Gasteiger partial charge on any atom is 0.253 e. The summed E-state index contributed by atoms with van der Waals surface area (Å²) < 4.78 is 5.47. The van der Waals surface area contributed by atoms with E-state index in [9.17, 15) is 9.59 Å². The Labute approximate surface area is 161 Å². The third kappa shape index (κ3) is 3.62. The standard InChI is InChI=1S/C20H19N5O3/c21-17(26)14-3-1-4-15(11-14)18-23-19(28-24-18)16-5-2-10-25(12-16)20(27)13-6-8-22-9-7-13/h1,3-4,6-9,11,16H,2,5,10,12H2,(H2,21,26). The van der Waals surface area contributed by atoms with E-state index in [-0.39, 0.29) is 11.8 Å². The van der Waals surface area contributed by atoms with Crippen molar-refractivity contribution in [2.45, 2.75) is 18.8 Å². The highest BCUT2D eigenvalue weighted by atomic mass is 16.5. The molecule has 2 amide bonds. The molecule has 1 aliphatic rings. The summed E-state index contributed by atoms with van der Waals surface area (Å²) in [5.41, 5.74) is 6.99. The molecule has 2 N–H and O–H groups in total. The fraction of sp³-hybridized carbons (Fsp3) is 0.250. The van der Waals surface area contributed by atoms with Gasteiger partial charge in [-0.2, -0.15) is 4.98 Å². The van der Waals surface area contributed by atoms with Gasteiger partial charge in [-0.05, 0) is 37.1 Å². The predicted octanol–water partition coefficient (Wildman–Crippen LogP) is 2.25. The summed E-state index contributed by atoms with van der Waals surface area (Å²) in [6.07, 6.45) is 4.94. The Balaban J connectivity index is 1.51. The molecule has 8 nitrogen and oxygen atoms in total. The Morgan fingerprint density at radius 1 is 1.14 bits per heavy atom. The molecule has 142 valence electrons. The number of aromatic nitrogens is 3. The molecule has 1 aromatic carbocycles. The average Bonchev–Trinajstić information content (AvgIpc) is 3.24. The first-order valence-electron chi connectivity index (χ1n) is 9.05. The smallest absolute Gasteiger partial charge is 0.253 e. The number of rotatable bonds is 4. The third-order valence-electron chi connectivity index (χ3n) is 4.83. The highest BCUT2D eigenvalue weighted by molar-refractivity contribution is 5.94. The minimum absolute atomic E-state index is 0.0269. The quantitative estimate of drug-likeness (QED) is 0.746. The summed E-state index contributed by atoms with van der Waals surface area (Å²) in [6.45, 7) is 1.21. The molecule has 2 aromatic heterocycles. The van der Waals surface area contributed by atoms with Crippen LogP contribution in [0.15, 0.2) is 53.3 Å². The van der Waals surface area contributed by atoms with E-state index >= 15 is 0 Å². The highest BCUT2D eigenvalue weighted by Gasteiger charge is 2.29. The molecule has 3 aromatic rings. The third-order valence-corrected chi connectivity index (χ3v) is 4.83. The number of amides is 2. The first kappa shape index (κ1) is 17.8. The molecule has 0 saturated carbocycles. The van der Waals surface area contributed by atoms with Crippen molar-refractivity contribution in [2.75, 3.05) is 13.1 Å². The normalized spacial score (nSPS) is 16.7. The number of pyridine rings is 1. The van der Waals surface area contributed by atoms with Gasteiger partial charge < -0.3 is 15.2 Å². The number of hydrogen-bond donors (Lipinski definition) is 1.